The maximum Gasteiger partial charge on any atom is 0.341 e. The van der Waals surface area contributed by atoms with Crippen molar-refractivity contribution in [1.82, 2.24) is 0 Å². The Morgan fingerprint density at radius 2 is 1.94 bits per heavy atom. The molecule has 0 radical (unpaired) electrons. The third-order valence-corrected chi connectivity index (χ3v) is 6.00. The van der Waals surface area contributed by atoms with Gasteiger partial charge in [0.25, 0.3) is 5.91 Å². The number of nitrogens with zero attached hydrogens (tertiary/aromatic N) is 1. The van der Waals surface area contributed by atoms with Crippen molar-refractivity contribution in [2.75, 3.05) is 18.5 Å². The Bertz CT molecular complexity index is 1090. The number of amides is 1. The summed E-state index contributed by atoms with van der Waals surface area (Å²) in [4.78, 5) is 37.0. The van der Waals surface area contributed by atoms with E-state index >= 15 is 0 Å². The van der Waals surface area contributed by atoms with E-state index in [9.17, 15) is 19.6 Å². The van der Waals surface area contributed by atoms with Gasteiger partial charge in [-0.3, -0.25) is 4.79 Å². The summed E-state index contributed by atoms with van der Waals surface area (Å²) < 4.78 is 10.3. The van der Waals surface area contributed by atoms with Crippen LogP contribution in [0.3, 0.4) is 0 Å². The van der Waals surface area contributed by atoms with E-state index < -0.39 is 24.5 Å². The van der Waals surface area contributed by atoms with E-state index in [2.05, 4.69) is 5.32 Å². The summed E-state index contributed by atoms with van der Waals surface area (Å²) in [5, 5.41) is 21.3. The van der Waals surface area contributed by atoms with Gasteiger partial charge < -0.3 is 19.9 Å². The highest BCUT2D eigenvalue weighted by Gasteiger charge is 2.27. The number of hydrogen-bond acceptors (Lipinski definition) is 7. The summed E-state index contributed by atoms with van der Waals surface area (Å²) in [6.07, 6.45) is 5.01. The van der Waals surface area contributed by atoms with E-state index in [1.807, 2.05) is 6.07 Å². The third kappa shape index (κ3) is 5.53. The fourth-order valence-corrected chi connectivity index (χ4v) is 4.64. The van der Waals surface area contributed by atoms with Gasteiger partial charge in [0.05, 0.1) is 12.2 Å². The Morgan fingerprint density at radius 3 is 2.59 bits per heavy atom. The Morgan fingerprint density at radius 1 is 1.22 bits per heavy atom. The molecule has 0 aliphatic heterocycles. The van der Waals surface area contributed by atoms with Gasteiger partial charge in [-0.2, -0.15) is 5.26 Å². The highest BCUT2D eigenvalue weighted by atomic mass is 32.1. The van der Waals surface area contributed by atoms with Crippen LogP contribution in [0.5, 0.6) is 5.75 Å². The third-order valence-electron chi connectivity index (χ3n) is 4.80. The van der Waals surface area contributed by atoms with Gasteiger partial charge in [-0.1, -0.05) is 12.1 Å². The number of hydrogen-bond donors (Lipinski definition) is 2. The van der Waals surface area contributed by atoms with Crippen molar-refractivity contribution in [2.45, 2.75) is 32.6 Å². The number of carbonyl (C=O) groups is 3. The summed E-state index contributed by atoms with van der Waals surface area (Å²) >= 11 is 1.35. The number of fused-ring (bicyclic) bond motifs is 1. The minimum absolute atomic E-state index is 0.134. The van der Waals surface area contributed by atoms with Gasteiger partial charge in [0.15, 0.2) is 6.61 Å². The molecule has 1 aromatic carbocycles. The largest absolute Gasteiger partial charge is 0.482 e. The molecule has 0 saturated heterocycles. The van der Waals surface area contributed by atoms with Crippen molar-refractivity contribution in [3.63, 3.8) is 0 Å². The molecule has 9 heteroatoms. The molecule has 0 saturated carbocycles. The van der Waals surface area contributed by atoms with Gasteiger partial charge in [0.1, 0.15) is 22.4 Å². The molecule has 1 aliphatic carbocycles. The van der Waals surface area contributed by atoms with Gasteiger partial charge in [0, 0.05) is 4.88 Å². The minimum atomic E-state index is -1.09. The predicted octanol–water partition coefficient (Wildman–Crippen LogP) is 3.81. The zero-order chi connectivity index (χ0) is 23.1. The van der Waals surface area contributed by atoms with Crippen LogP contribution in [0.1, 0.15) is 46.1 Å². The van der Waals surface area contributed by atoms with Gasteiger partial charge in [0.2, 0.25) is 0 Å². The average Bonchev–Trinajstić information content (AvgIpc) is 3.14. The Labute approximate surface area is 189 Å². The molecule has 3 rings (SSSR count). The lowest BCUT2D eigenvalue weighted by Crippen LogP contribution is -2.16. The number of carbonyl (C=O) groups excluding carboxylic acids is 2. The van der Waals surface area contributed by atoms with E-state index in [0.717, 1.165) is 36.1 Å². The molecule has 32 heavy (non-hydrogen) atoms. The van der Waals surface area contributed by atoms with Crippen LogP contribution >= 0.6 is 11.3 Å². The number of anilines is 1. The predicted molar refractivity (Wildman–Crippen MR) is 119 cm³/mol. The highest BCUT2D eigenvalue weighted by Crippen LogP contribution is 2.38. The maximum atomic E-state index is 12.8. The standard InChI is InChI=1S/C23H22N2O6S/c1-2-30-23(29)20-17-5-3-4-6-18(17)32-22(20)25-21(28)15(12-24)11-14-7-9-16(10-8-14)31-13-19(26)27/h7-11H,2-6,13H2,1H3,(H,25,28)(H,26,27)/b15-11-. The molecule has 2 aromatic rings. The fourth-order valence-electron chi connectivity index (χ4n) is 3.36. The summed E-state index contributed by atoms with van der Waals surface area (Å²) in [7, 11) is 0. The first-order chi connectivity index (χ1) is 15.4. The lowest BCUT2D eigenvalue weighted by molar-refractivity contribution is -0.139. The number of nitrogens with one attached hydrogen (secondary N) is 1. The molecule has 0 atom stereocenters. The number of esters is 1. The molecule has 8 nitrogen and oxygen atoms in total. The second kappa shape index (κ2) is 10.6. The molecule has 1 aliphatic rings. The van der Waals surface area contributed by atoms with Crippen LogP contribution in [0.25, 0.3) is 6.08 Å². The number of aliphatic carboxylic acids is 1. The lowest BCUT2D eigenvalue weighted by atomic mass is 9.95. The van der Waals surface area contributed by atoms with E-state index in [1.165, 1.54) is 17.4 Å². The minimum Gasteiger partial charge on any atom is -0.482 e. The molecule has 166 valence electrons. The number of aryl methyl sites for hydroxylation is 1. The maximum absolute atomic E-state index is 12.8. The number of carboxylic acid groups (broad SMARTS) is 1. The van der Waals surface area contributed by atoms with Crippen molar-refractivity contribution in [2.24, 2.45) is 0 Å². The van der Waals surface area contributed by atoms with Crippen LogP contribution in [-0.2, 0) is 27.2 Å². The van der Waals surface area contributed by atoms with E-state index in [0.29, 0.717) is 21.9 Å². The molecule has 2 N–H and O–H groups in total. The first kappa shape index (κ1) is 23.0. The zero-order valence-corrected chi connectivity index (χ0v) is 18.3. The SMILES string of the molecule is CCOC(=O)c1c(NC(=O)/C(C#N)=C\c2ccc(OCC(=O)O)cc2)sc2c1CCCC2. The van der Waals surface area contributed by atoms with Crippen LogP contribution in [0, 0.1) is 11.3 Å². The van der Waals surface area contributed by atoms with Gasteiger partial charge in [-0.15, -0.1) is 11.3 Å². The number of rotatable bonds is 8. The average molecular weight is 455 g/mol. The lowest BCUT2D eigenvalue weighted by Gasteiger charge is -2.12. The molecule has 0 spiro atoms. The van der Waals surface area contributed by atoms with Crippen LogP contribution in [0.2, 0.25) is 0 Å². The van der Waals surface area contributed by atoms with E-state index in [1.54, 1.807) is 31.2 Å². The molecule has 0 fully saturated rings. The summed E-state index contributed by atoms with van der Waals surface area (Å²) in [6, 6.07) is 8.20. The van der Waals surface area contributed by atoms with Crippen molar-refractivity contribution >= 4 is 40.3 Å². The van der Waals surface area contributed by atoms with Gasteiger partial charge in [-0.25, -0.2) is 9.59 Å². The van der Waals surface area contributed by atoms with E-state index in [-0.39, 0.29) is 12.2 Å². The molecule has 0 unspecified atom stereocenters. The quantitative estimate of drug-likeness (QED) is 0.353. The first-order valence-corrected chi connectivity index (χ1v) is 10.9. The second-order valence-corrected chi connectivity index (χ2v) is 8.12. The van der Waals surface area contributed by atoms with Crippen molar-refractivity contribution in [3.05, 3.63) is 51.4 Å². The number of carboxylic acids is 1. The molecule has 0 bridgehead atoms. The number of thiophene rings is 1. The summed E-state index contributed by atoms with van der Waals surface area (Å²) in [5.74, 6) is -1.82. The van der Waals surface area contributed by atoms with Crippen LogP contribution in [-0.4, -0.2) is 36.2 Å². The Hall–Kier alpha value is -3.64. The smallest absolute Gasteiger partial charge is 0.341 e. The van der Waals surface area contributed by atoms with Crippen molar-refractivity contribution in [1.29, 1.82) is 5.26 Å². The number of ether oxygens (including phenoxy) is 2. The van der Waals surface area contributed by atoms with Crippen molar-refractivity contribution < 1.29 is 29.0 Å². The van der Waals surface area contributed by atoms with Gasteiger partial charge >= 0.3 is 11.9 Å². The highest BCUT2D eigenvalue weighted by molar-refractivity contribution is 7.17. The first-order valence-electron chi connectivity index (χ1n) is 10.1. The van der Waals surface area contributed by atoms with Crippen LogP contribution < -0.4 is 10.1 Å². The van der Waals surface area contributed by atoms with Gasteiger partial charge in [-0.05, 0) is 61.9 Å². The zero-order valence-electron chi connectivity index (χ0n) is 17.5. The monoisotopic (exact) mass is 454 g/mol. The summed E-state index contributed by atoms with van der Waals surface area (Å²) in [5.41, 5.74) is 1.74. The topological polar surface area (TPSA) is 126 Å². The van der Waals surface area contributed by atoms with Crippen LogP contribution in [0.4, 0.5) is 5.00 Å². The number of benzene rings is 1. The molecule has 1 aromatic heterocycles. The molecular weight excluding hydrogens is 432 g/mol. The Kier molecular flexibility index (Phi) is 7.63. The summed E-state index contributed by atoms with van der Waals surface area (Å²) in [6.45, 7) is 1.49. The second-order valence-electron chi connectivity index (χ2n) is 7.01. The van der Waals surface area contributed by atoms with Crippen LogP contribution in [0.15, 0.2) is 29.8 Å². The molecular formula is C23H22N2O6S. The Balaban J connectivity index is 1.81. The fraction of sp³-hybridized carbons (Fsp3) is 0.304. The normalized spacial score (nSPS) is 12.9. The number of nitriles is 1. The van der Waals surface area contributed by atoms with Crippen molar-refractivity contribution in [3.8, 4) is 11.8 Å². The molecule has 1 amide bonds. The molecule has 1 heterocycles. The van der Waals surface area contributed by atoms with E-state index in [4.69, 9.17) is 14.6 Å².